The third-order valence-corrected chi connectivity index (χ3v) is 4.52. The molecule has 0 amide bonds. The van der Waals surface area contributed by atoms with Crippen molar-refractivity contribution in [3.05, 3.63) is 24.0 Å². The Hall–Kier alpha value is -0.740. The van der Waals surface area contributed by atoms with Crippen molar-refractivity contribution >= 4 is 17.4 Å². The van der Waals surface area contributed by atoms with Crippen LogP contribution in [-0.2, 0) is 0 Å². The maximum Gasteiger partial charge on any atom is 0.0569 e. The van der Waals surface area contributed by atoms with Crippen LogP contribution in [0.4, 0.5) is 5.69 Å². The highest BCUT2D eigenvalue weighted by Gasteiger charge is 2.18. The Bertz CT molecular complexity index is 342. The summed E-state index contributed by atoms with van der Waals surface area (Å²) < 4.78 is 0. The second-order valence-corrected chi connectivity index (χ2v) is 5.79. The standard InChI is InChI=1S/C13H21N3S/c1-10(14)13-4-3-11(9-15-13)16-7-5-12(17-2)6-8-16/h3-4,9-10,12H,5-8,14H2,1-2H3. The van der Waals surface area contributed by atoms with Crippen LogP contribution in [-0.4, -0.2) is 29.6 Å². The molecule has 1 aromatic heterocycles. The van der Waals surface area contributed by atoms with Gasteiger partial charge in [-0.2, -0.15) is 11.8 Å². The number of nitrogens with two attached hydrogens (primary N) is 1. The second-order valence-electron chi connectivity index (χ2n) is 4.65. The first-order valence-corrected chi connectivity index (χ1v) is 7.48. The summed E-state index contributed by atoms with van der Waals surface area (Å²) in [4.78, 5) is 6.84. The molecule has 1 aliphatic rings. The van der Waals surface area contributed by atoms with Crippen molar-refractivity contribution in [1.29, 1.82) is 0 Å². The van der Waals surface area contributed by atoms with Crippen molar-refractivity contribution in [3.8, 4) is 0 Å². The van der Waals surface area contributed by atoms with Gasteiger partial charge >= 0.3 is 0 Å². The SMILES string of the molecule is CSC1CCN(c2ccc(C(C)N)nc2)CC1. The highest BCUT2D eigenvalue weighted by atomic mass is 32.2. The van der Waals surface area contributed by atoms with Crippen molar-refractivity contribution in [2.75, 3.05) is 24.2 Å². The monoisotopic (exact) mass is 251 g/mol. The van der Waals surface area contributed by atoms with Gasteiger partial charge in [0.05, 0.1) is 17.6 Å². The average Bonchev–Trinajstić information content (AvgIpc) is 2.39. The Morgan fingerprint density at radius 2 is 2.12 bits per heavy atom. The number of hydrogen-bond donors (Lipinski definition) is 1. The van der Waals surface area contributed by atoms with E-state index in [0.29, 0.717) is 0 Å². The van der Waals surface area contributed by atoms with Gasteiger partial charge in [-0.3, -0.25) is 4.98 Å². The Labute approximate surface area is 108 Å². The van der Waals surface area contributed by atoms with E-state index in [1.165, 1.54) is 18.5 Å². The van der Waals surface area contributed by atoms with E-state index >= 15 is 0 Å². The van der Waals surface area contributed by atoms with Crippen LogP contribution in [0.25, 0.3) is 0 Å². The maximum absolute atomic E-state index is 5.80. The summed E-state index contributed by atoms with van der Waals surface area (Å²) in [5.41, 5.74) is 8.00. The molecule has 2 heterocycles. The van der Waals surface area contributed by atoms with Gasteiger partial charge in [0.15, 0.2) is 0 Å². The van der Waals surface area contributed by atoms with Crippen molar-refractivity contribution in [2.24, 2.45) is 5.73 Å². The van der Waals surface area contributed by atoms with Crippen molar-refractivity contribution in [1.82, 2.24) is 4.98 Å². The number of thioether (sulfide) groups is 1. The zero-order valence-corrected chi connectivity index (χ0v) is 11.4. The second kappa shape index (κ2) is 5.74. The third-order valence-electron chi connectivity index (χ3n) is 3.38. The van der Waals surface area contributed by atoms with E-state index in [4.69, 9.17) is 5.73 Å². The van der Waals surface area contributed by atoms with Gasteiger partial charge in [-0.25, -0.2) is 0 Å². The normalized spacial score (nSPS) is 19.4. The number of nitrogens with zero attached hydrogens (tertiary/aromatic N) is 2. The number of pyridine rings is 1. The summed E-state index contributed by atoms with van der Waals surface area (Å²) in [5.74, 6) is 0. The third kappa shape index (κ3) is 3.13. The minimum absolute atomic E-state index is 0.0197. The van der Waals surface area contributed by atoms with Gasteiger partial charge in [-0.1, -0.05) is 0 Å². The molecule has 94 valence electrons. The Morgan fingerprint density at radius 1 is 1.41 bits per heavy atom. The predicted octanol–water partition coefficient (Wildman–Crippen LogP) is 2.43. The van der Waals surface area contributed by atoms with E-state index in [2.05, 4.69) is 22.2 Å². The zero-order valence-electron chi connectivity index (χ0n) is 10.6. The molecule has 0 aliphatic carbocycles. The lowest BCUT2D eigenvalue weighted by Crippen LogP contribution is -2.34. The van der Waals surface area contributed by atoms with Crippen LogP contribution in [0, 0.1) is 0 Å². The van der Waals surface area contributed by atoms with Gasteiger partial charge in [-0.15, -0.1) is 0 Å². The molecule has 1 fully saturated rings. The van der Waals surface area contributed by atoms with Crippen LogP contribution < -0.4 is 10.6 Å². The zero-order chi connectivity index (χ0) is 12.3. The smallest absolute Gasteiger partial charge is 0.0569 e. The van der Waals surface area contributed by atoms with Crippen LogP contribution >= 0.6 is 11.8 Å². The van der Waals surface area contributed by atoms with Gasteiger partial charge in [0.1, 0.15) is 0 Å². The number of anilines is 1. The molecule has 1 atom stereocenters. The van der Waals surface area contributed by atoms with Crippen LogP contribution in [0.3, 0.4) is 0 Å². The van der Waals surface area contributed by atoms with E-state index in [1.807, 2.05) is 30.9 Å². The number of piperidine rings is 1. The van der Waals surface area contributed by atoms with Crippen molar-refractivity contribution < 1.29 is 0 Å². The molecule has 0 radical (unpaired) electrons. The number of rotatable bonds is 3. The van der Waals surface area contributed by atoms with E-state index < -0.39 is 0 Å². The maximum atomic E-state index is 5.80. The first kappa shape index (κ1) is 12.7. The number of hydrogen-bond acceptors (Lipinski definition) is 4. The molecular weight excluding hydrogens is 230 g/mol. The quantitative estimate of drug-likeness (QED) is 0.896. The van der Waals surface area contributed by atoms with Gasteiger partial charge in [0.25, 0.3) is 0 Å². The van der Waals surface area contributed by atoms with Crippen molar-refractivity contribution in [3.63, 3.8) is 0 Å². The van der Waals surface area contributed by atoms with Gasteiger partial charge in [0, 0.05) is 24.4 Å². The summed E-state index contributed by atoms with van der Waals surface area (Å²) in [5, 5.41) is 0.836. The molecule has 1 saturated heterocycles. The minimum atomic E-state index is 0.0197. The first-order chi connectivity index (χ1) is 8.20. The fourth-order valence-electron chi connectivity index (χ4n) is 2.20. The molecule has 4 heteroatoms. The Balaban J connectivity index is 1.99. The van der Waals surface area contributed by atoms with E-state index in [0.717, 1.165) is 24.0 Å². The molecule has 3 nitrogen and oxygen atoms in total. The Morgan fingerprint density at radius 3 is 2.59 bits per heavy atom. The van der Waals surface area contributed by atoms with Crippen LogP contribution in [0.2, 0.25) is 0 Å². The predicted molar refractivity (Wildman–Crippen MR) is 75.6 cm³/mol. The molecule has 1 aliphatic heterocycles. The van der Waals surface area contributed by atoms with Gasteiger partial charge in [0.2, 0.25) is 0 Å². The summed E-state index contributed by atoms with van der Waals surface area (Å²) >= 11 is 1.99. The van der Waals surface area contributed by atoms with Crippen molar-refractivity contribution in [2.45, 2.75) is 31.1 Å². The number of aromatic nitrogens is 1. The lowest BCUT2D eigenvalue weighted by molar-refractivity contribution is 0.590. The largest absolute Gasteiger partial charge is 0.370 e. The minimum Gasteiger partial charge on any atom is -0.370 e. The summed E-state index contributed by atoms with van der Waals surface area (Å²) in [6.45, 7) is 4.25. The molecule has 17 heavy (non-hydrogen) atoms. The first-order valence-electron chi connectivity index (χ1n) is 6.20. The molecular formula is C13H21N3S. The van der Waals surface area contributed by atoms with E-state index in [9.17, 15) is 0 Å². The molecule has 0 saturated carbocycles. The molecule has 0 aromatic carbocycles. The van der Waals surface area contributed by atoms with Gasteiger partial charge in [-0.05, 0) is 38.2 Å². The van der Waals surface area contributed by atoms with Crippen LogP contribution in [0.1, 0.15) is 31.5 Å². The average molecular weight is 251 g/mol. The van der Waals surface area contributed by atoms with Gasteiger partial charge < -0.3 is 10.6 Å². The molecule has 0 bridgehead atoms. The molecule has 2 N–H and O–H groups in total. The van der Waals surface area contributed by atoms with Crippen LogP contribution in [0.5, 0.6) is 0 Å². The lowest BCUT2D eigenvalue weighted by atomic mass is 10.1. The van der Waals surface area contributed by atoms with Crippen LogP contribution in [0.15, 0.2) is 18.3 Å². The summed E-state index contributed by atoms with van der Waals surface area (Å²) in [6, 6.07) is 4.21. The highest BCUT2D eigenvalue weighted by Crippen LogP contribution is 2.25. The van der Waals surface area contributed by atoms with E-state index in [1.54, 1.807) is 0 Å². The topological polar surface area (TPSA) is 42.1 Å². The fraction of sp³-hybridized carbons (Fsp3) is 0.615. The van der Waals surface area contributed by atoms with E-state index in [-0.39, 0.29) is 6.04 Å². The Kier molecular flexibility index (Phi) is 4.29. The summed E-state index contributed by atoms with van der Waals surface area (Å²) in [6.07, 6.45) is 6.71. The lowest BCUT2D eigenvalue weighted by Gasteiger charge is -2.32. The highest BCUT2D eigenvalue weighted by molar-refractivity contribution is 7.99. The molecule has 1 unspecified atom stereocenters. The molecule has 2 rings (SSSR count). The molecule has 1 aromatic rings. The summed E-state index contributed by atoms with van der Waals surface area (Å²) in [7, 11) is 0. The fourth-order valence-corrected chi connectivity index (χ4v) is 2.89. The molecule has 0 spiro atoms.